The van der Waals surface area contributed by atoms with Crippen LogP contribution in [0, 0.1) is 0 Å². The van der Waals surface area contributed by atoms with Gasteiger partial charge in [-0.15, -0.1) is 11.3 Å². The molecule has 0 bridgehead atoms. The standard InChI is InChI=1S/C13H21NO2S2/c1-14-11(6-4-8-18(2,15)16)13-9-10-5-3-7-12(10)17-13/h9,11,14H,3-8H2,1-2H3. The van der Waals surface area contributed by atoms with E-state index in [0.717, 1.165) is 12.8 Å². The lowest BCUT2D eigenvalue weighted by molar-refractivity contribution is 0.543. The van der Waals surface area contributed by atoms with Crippen molar-refractivity contribution >= 4 is 21.2 Å². The fourth-order valence-electron chi connectivity index (χ4n) is 2.50. The van der Waals surface area contributed by atoms with Gasteiger partial charge in [0.1, 0.15) is 9.84 Å². The molecule has 0 spiro atoms. The summed E-state index contributed by atoms with van der Waals surface area (Å²) >= 11 is 1.90. The average molecular weight is 287 g/mol. The lowest BCUT2D eigenvalue weighted by atomic mass is 10.1. The fraction of sp³-hybridized carbons (Fsp3) is 0.692. The summed E-state index contributed by atoms with van der Waals surface area (Å²) in [6.07, 6.45) is 6.65. The predicted octanol–water partition coefficient (Wildman–Crippen LogP) is 2.32. The van der Waals surface area contributed by atoms with Crippen molar-refractivity contribution in [3.8, 4) is 0 Å². The van der Waals surface area contributed by atoms with Crippen molar-refractivity contribution in [2.75, 3.05) is 19.1 Å². The van der Waals surface area contributed by atoms with Crippen molar-refractivity contribution in [2.24, 2.45) is 0 Å². The van der Waals surface area contributed by atoms with Gasteiger partial charge in [-0.05, 0) is 50.8 Å². The number of sulfone groups is 1. The number of hydrogen-bond acceptors (Lipinski definition) is 4. The minimum Gasteiger partial charge on any atom is -0.312 e. The molecule has 3 nitrogen and oxygen atoms in total. The van der Waals surface area contributed by atoms with Gasteiger partial charge >= 0.3 is 0 Å². The molecule has 0 amide bonds. The van der Waals surface area contributed by atoms with E-state index < -0.39 is 9.84 Å². The molecular formula is C13H21NO2S2. The second-order valence-electron chi connectivity index (χ2n) is 5.06. The maximum Gasteiger partial charge on any atom is 0.147 e. The number of thiophene rings is 1. The van der Waals surface area contributed by atoms with Gasteiger partial charge in [0.2, 0.25) is 0 Å². The molecule has 102 valence electrons. The molecule has 0 saturated heterocycles. The summed E-state index contributed by atoms with van der Waals surface area (Å²) in [6, 6.07) is 2.62. The number of hydrogen-bond donors (Lipinski definition) is 1. The summed E-state index contributed by atoms with van der Waals surface area (Å²) in [4.78, 5) is 2.91. The van der Waals surface area contributed by atoms with E-state index in [2.05, 4.69) is 11.4 Å². The van der Waals surface area contributed by atoms with Gasteiger partial charge in [0.25, 0.3) is 0 Å². The van der Waals surface area contributed by atoms with Crippen LogP contribution in [0.1, 0.15) is 40.6 Å². The minimum absolute atomic E-state index is 0.288. The summed E-state index contributed by atoms with van der Waals surface area (Å²) in [5, 5.41) is 3.31. The zero-order valence-corrected chi connectivity index (χ0v) is 12.7. The van der Waals surface area contributed by atoms with Crippen LogP contribution in [0.3, 0.4) is 0 Å². The van der Waals surface area contributed by atoms with Gasteiger partial charge < -0.3 is 5.32 Å². The molecule has 0 aliphatic heterocycles. The molecule has 1 heterocycles. The minimum atomic E-state index is -2.83. The molecular weight excluding hydrogens is 266 g/mol. The Balaban J connectivity index is 1.95. The van der Waals surface area contributed by atoms with Crippen molar-refractivity contribution in [1.82, 2.24) is 5.32 Å². The van der Waals surface area contributed by atoms with Gasteiger partial charge in [-0.25, -0.2) is 8.42 Å². The first kappa shape index (κ1) is 14.0. The van der Waals surface area contributed by atoms with Gasteiger partial charge in [0, 0.05) is 27.8 Å². The summed E-state index contributed by atoms with van der Waals surface area (Å²) in [5.41, 5.74) is 1.51. The monoisotopic (exact) mass is 287 g/mol. The molecule has 18 heavy (non-hydrogen) atoms. The van der Waals surface area contributed by atoms with E-state index in [0.29, 0.717) is 6.04 Å². The van der Waals surface area contributed by atoms with Gasteiger partial charge in [0.15, 0.2) is 0 Å². The highest BCUT2D eigenvalue weighted by Gasteiger charge is 2.19. The Morgan fingerprint density at radius 1 is 1.44 bits per heavy atom. The molecule has 5 heteroatoms. The van der Waals surface area contributed by atoms with E-state index in [-0.39, 0.29) is 5.75 Å². The SMILES string of the molecule is CNC(CCCS(C)(=O)=O)c1cc2c(s1)CCC2. The molecule has 1 unspecified atom stereocenters. The van der Waals surface area contributed by atoms with Crippen LogP contribution in [-0.2, 0) is 22.7 Å². The Labute approximate surface area is 114 Å². The van der Waals surface area contributed by atoms with Gasteiger partial charge in [-0.1, -0.05) is 0 Å². The van der Waals surface area contributed by atoms with Crippen LogP contribution in [0.4, 0.5) is 0 Å². The van der Waals surface area contributed by atoms with E-state index in [4.69, 9.17) is 0 Å². The average Bonchev–Trinajstić information content (AvgIpc) is 2.82. The van der Waals surface area contributed by atoms with Gasteiger partial charge in [-0.2, -0.15) is 0 Å². The molecule has 0 saturated carbocycles. The van der Waals surface area contributed by atoms with E-state index in [9.17, 15) is 8.42 Å². The fourth-order valence-corrected chi connectivity index (χ4v) is 4.60. The third-order valence-corrected chi connectivity index (χ3v) is 5.85. The van der Waals surface area contributed by atoms with Crippen molar-refractivity contribution in [3.63, 3.8) is 0 Å². The lowest BCUT2D eigenvalue weighted by Gasteiger charge is -2.14. The first-order chi connectivity index (χ1) is 8.49. The van der Waals surface area contributed by atoms with Crippen LogP contribution >= 0.6 is 11.3 Å². The van der Waals surface area contributed by atoms with Crippen LogP contribution in [0.15, 0.2) is 6.07 Å². The third kappa shape index (κ3) is 3.56. The number of rotatable bonds is 6. The molecule has 0 radical (unpaired) electrons. The molecule has 1 N–H and O–H groups in total. The summed E-state index contributed by atoms with van der Waals surface area (Å²) < 4.78 is 22.3. The second kappa shape index (κ2) is 5.72. The molecule has 0 aromatic carbocycles. The Kier molecular flexibility index (Phi) is 4.45. The van der Waals surface area contributed by atoms with Crippen molar-refractivity contribution in [3.05, 3.63) is 21.4 Å². The van der Waals surface area contributed by atoms with Crippen LogP contribution in [-0.4, -0.2) is 27.5 Å². The summed E-state index contributed by atoms with van der Waals surface area (Å²) in [5.74, 6) is 0.288. The Bertz CT molecular complexity index is 484. The molecule has 0 fully saturated rings. The second-order valence-corrected chi connectivity index (χ2v) is 8.49. The topological polar surface area (TPSA) is 46.2 Å². The van der Waals surface area contributed by atoms with E-state index in [1.807, 2.05) is 18.4 Å². The molecule has 1 aliphatic rings. The molecule has 1 atom stereocenters. The quantitative estimate of drug-likeness (QED) is 0.873. The molecule has 1 aliphatic carbocycles. The smallest absolute Gasteiger partial charge is 0.147 e. The van der Waals surface area contributed by atoms with E-state index in [1.54, 1.807) is 0 Å². The number of fused-ring (bicyclic) bond motifs is 1. The first-order valence-corrected chi connectivity index (χ1v) is 9.34. The maximum absolute atomic E-state index is 11.1. The van der Waals surface area contributed by atoms with Crippen LogP contribution in [0.2, 0.25) is 0 Å². The Morgan fingerprint density at radius 2 is 2.22 bits per heavy atom. The highest BCUT2D eigenvalue weighted by molar-refractivity contribution is 7.90. The predicted molar refractivity (Wildman–Crippen MR) is 77.1 cm³/mol. The lowest BCUT2D eigenvalue weighted by Crippen LogP contribution is -2.16. The zero-order valence-electron chi connectivity index (χ0n) is 11.0. The van der Waals surface area contributed by atoms with E-state index in [1.165, 1.54) is 40.8 Å². The summed E-state index contributed by atoms with van der Waals surface area (Å²) in [7, 11) is -0.877. The summed E-state index contributed by atoms with van der Waals surface area (Å²) in [6.45, 7) is 0. The van der Waals surface area contributed by atoms with Gasteiger partial charge in [-0.3, -0.25) is 0 Å². The Morgan fingerprint density at radius 3 is 2.83 bits per heavy atom. The molecule has 2 rings (SSSR count). The van der Waals surface area contributed by atoms with Gasteiger partial charge in [0.05, 0.1) is 0 Å². The number of aryl methyl sites for hydroxylation is 2. The molecule has 1 aromatic rings. The highest BCUT2D eigenvalue weighted by atomic mass is 32.2. The zero-order chi connectivity index (χ0) is 13.2. The maximum atomic E-state index is 11.1. The van der Waals surface area contributed by atoms with Crippen LogP contribution < -0.4 is 5.32 Å². The van der Waals surface area contributed by atoms with Crippen LogP contribution in [0.25, 0.3) is 0 Å². The van der Waals surface area contributed by atoms with Crippen molar-refractivity contribution in [1.29, 1.82) is 0 Å². The molecule has 1 aromatic heterocycles. The van der Waals surface area contributed by atoms with Crippen LogP contribution in [0.5, 0.6) is 0 Å². The van der Waals surface area contributed by atoms with Crippen molar-refractivity contribution in [2.45, 2.75) is 38.1 Å². The number of nitrogens with one attached hydrogen (secondary N) is 1. The largest absolute Gasteiger partial charge is 0.312 e. The normalized spacial score (nSPS) is 16.8. The third-order valence-electron chi connectivity index (χ3n) is 3.47. The van der Waals surface area contributed by atoms with E-state index >= 15 is 0 Å². The van der Waals surface area contributed by atoms with Crippen molar-refractivity contribution < 1.29 is 8.42 Å². The first-order valence-electron chi connectivity index (χ1n) is 6.46. The highest BCUT2D eigenvalue weighted by Crippen LogP contribution is 2.35. The Hall–Kier alpha value is -0.390.